The van der Waals surface area contributed by atoms with Gasteiger partial charge in [0.15, 0.2) is 0 Å². The van der Waals surface area contributed by atoms with E-state index < -0.39 is 0 Å². The second-order valence-electron chi connectivity index (χ2n) is 13.8. The summed E-state index contributed by atoms with van der Waals surface area (Å²) < 4.78 is 0. The number of anilines is 6. The summed E-state index contributed by atoms with van der Waals surface area (Å²) in [4.78, 5) is 4.84. The van der Waals surface area contributed by atoms with Crippen molar-refractivity contribution in [2.75, 3.05) is 9.80 Å². The maximum atomic E-state index is 2.42. The lowest BCUT2D eigenvalue weighted by Crippen LogP contribution is -2.18. The molecule has 0 atom stereocenters. The molecule has 0 spiro atoms. The molecule has 0 heterocycles. The zero-order valence-electron chi connectivity index (χ0n) is 31.0. The Morgan fingerprint density at radius 3 is 0.768 bits per heavy atom. The first-order valence-electron chi connectivity index (χ1n) is 19.1. The molecule has 0 aliphatic heterocycles. The third-order valence-corrected chi connectivity index (χ3v) is 10.3. The van der Waals surface area contributed by atoms with Gasteiger partial charge in [0.2, 0.25) is 0 Å². The second-order valence-corrected chi connectivity index (χ2v) is 13.8. The summed E-state index contributed by atoms with van der Waals surface area (Å²) in [6, 6.07) is 86.7. The first-order valence-corrected chi connectivity index (χ1v) is 19.1. The van der Waals surface area contributed by atoms with Crippen molar-refractivity contribution in [2.24, 2.45) is 0 Å². The highest BCUT2D eigenvalue weighted by Crippen LogP contribution is 2.49. The van der Waals surface area contributed by atoms with Crippen LogP contribution in [0.2, 0.25) is 0 Å². The molecule has 9 aromatic carbocycles. The Hall–Kier alpha value is -7.42. The molecular formula is C54H40N2. The lowest BCUT2D eigenvalue weighted by atomic mass is 9.99. The lowest BCUT2D eigenvalue weighted by molar-refractivity contribution is 1.23. The lowest BCUT2D eigenvalue weighted by Gasteiger charge is -2.35. The molecule has 0 aromatic heterocycles. The maximum absolute atomic E-state index is 2.42. The average molecular weight is 717 g/mol. The van der Waals surface area contributed by atoms with Crippen molar-refractivity contribution in [1.29, 1.82) is 0 Å². The van der Waals surface area contributed by atoms with E-state index in [1.165, 1.54) is 22.3 Å². The van der Waals surface area contributed by atoms with Crippen molar-refractivity contribution in [2.45, 2.75) is 0 Å². The molecule has 2 nitrogen and oxygen atoms in total. The Morgan fingerprint density at radius 1 is 0.179 bits per heavy atom. The molecule has 0 bridgehead atoms. The quantitative estimate of drug-likeness (QED) is 0.139. The molecule has 0 aliphatic carbocycles. The number of nitrogens with zero attached hydrogens (tertiary/aromatic N) is 2. The van der Waals surface area contributed by atoms with Crippen LogP contribution in [0.4, 0.5) is 34.1 Å². The minimum absolute atomic E-state index is 1.05. The summed E-state index contributed by atoms with van der Waals surface area (Å²) in [5, 5.41) is 0. The monoisotopic (exact) mass is 716 g/mol. The topological polar surface area (TPSA) is 6.48 Å². The summed E-state index contributed by atoms with van der Waals surface area (Å²) >= 11 is 0. The molecule has 56 heavy (non-hydrogen) atoms. The number of benzene rings is 9. The van der Waals surface area contributed by atoms with E-state index in [4.69, 9.17) is 0 Å². The summed E-state index contributed by atoms with van der Waals surface area (Å²) in [6.45, 7) is 0. The summed E-state index contributed by atoms with van der Waals surface area (Å²) in [6.07, 6.45) is 0. The van der Waals surface area contributed by atoms with E-state index >= 15 is 0 Å². The van der Waals surface area contributed by atoms with Crippen molar-refractivity contribution >= 4 is 34.1 Å². The first kappa shape index (κ1) is 34.4. The molecule has 0 fully saturated rings. The minimum atomic E-state index is 1.05. The zero-order chi connectivity index (χ0) is 37.5. The van der Waals surface area contributed by atoms with Gasteiger partial charge in [-0.1, -0.05) is 194 Å². The van der Waals surface area contributed by atoms with Crippen LogP contribution < -0.4 is 9.80 Å². The van der Waals surface area contributed by atoms with Gasteiger partial charge in [0.05, 0.1) is 22.7 Å². The predicted octanol–water partition coefficient (Wildman–Crippen LogP) is 15.3. The first-order chi connectivity index (χ1) is 27.8. The smallest absolute Gasteiger partial charge is 0.0702 e. The van der Waals surface area contributed by atoms with Gasteiger partial charge in [0.25, 0.3) is 0 Å². The molecule has 9 rings (SSSR count). The molecule has 266 valence electrons. The third-order valence-electron chi connectivity index (χ3n) is 10.3. The largest absolute Gasteiger partial charge is 0.308 e. The van der Waals surface area contributed by atoms with Crippen LogP contribution in [-0.2, 0) is 0 Å². The van der Waals surface area contributed by atoms with Crippen molar-refractivity contribution in [3.8, 4) is 44.5 Å². The highest BCUT2D eigenvalue weighted by molar-refractivity contribution is 5.97. The molecule has 0 aliphatic rings. The standard InChI is InChI=1S/C54H40N2/c1-5-19-41(20-6-1)43-33-37-47(38-34-43)55(51-29-15-13-27-49(51)45-23-9-3-10-24-45)53-31-17-18-32-54(53)56(48-39-35-44(36-40-48)42-21-7-2-8-22-42)52-30-16-14-28-50(52)46-25-11-4-12-26-46/h1-40H. The molecule has 0 N–H and O–H groups in total. The van der Waals surface area contributed by atoms with E-state index in [-0.39, 0.29) is 0 Å². The normalized spacial score (nSPS) is 10.9. The molecule has 0 saturated carbocycles. The van der Waals surface area contributed by atoms with E-state index in [9.17, 15) is 0 Å². The third kappa shape index (κ3) is 7.00. The van der Waals surface area contributed by atoms with Crippen molar-refractivity contribution in [3.63, 3.8) is 0 Å². The highest BCUT2D eigenvalue weighted by Gasteiger charge is 2.25. The van der Waals surface area contributed by atoms with Gasteiger partial charge < -0.3 is 9.80 Å². The van der Waals surface area contributed by atoms with Gasteiger partial charge in [0, 0.05) is 22.5 Å². The number of rotatable bonds is 10. The van der Waals surface area contributed by atoms with Gasteiger partial charge in [-0.2, -0.15) is 0 Å². The van der Waals surface area contributed by atoms with Gasteiger partial charge in [-0.25, -0.2) is 0 Å². The van der Waals surface area contributed by atoms with Crippen LogP contribution in [0.15, 0.2) is 243 Å². The van der Waals surface area contributed by atoms with Gasteiger partial charge in [-0.15, -0.1) is 0 Å². The Bertz CT molecular complexity index is 2470. The molecular weight excluding hydrogens is 677 g/mol. The average Bonchev–Trinajstić information content (AvgIpc) is 3.29. The van der Waals surface area contributed by atoms with E-state index in [1.54, 1.807) is 0 Å². The fraction of sp³-hybridized carbons (Fsp3) is 0. The molecule has 0 unspecified atom stereocenters. The Balaban J connectivity index is 1.28. The molecule has 0 radical (unpaired) electrons. The van der Waals surface area contributed by atoms with Crippen molar-refractivity contribution < 1.29 is 0 Å². The number of para-hydroxylation sites is 4. The molecule has 0 saturated heterocycles. The minimum Gasteiger partial charge on any atom is -0.308 e. The van der Waals surface area contributed by atoms with E-state index in [1.807, 2.05) is 0 Å². The van der Waals surface area contributed by atoms with Crippen molar-refractivity contribution in [1.82, 2.24) is 0 Å². The second kappa shape index (κ2) is 15.9. The van der Waals surface area contributed by atoms with Gasteiger partial charge >= 0.3 is 0 Å². The Kier molecular flexibility index (Phi) is 9.75. The van der Waals surface area contributed by atoms with Crippen LogP contribution in [0.1, 0.15) is 0 Å². The number of hydrogen-bond donors (Lipinski definition) is 0. The maximum Gasteiger partial charge on any atom is 0.0702 e. The SMILES string of the molecule is c1ccc(-c2ccc(N(c3ccccc3-c3ccccc3)c3ccccc3N(c3ccc(-c4ccccc4)cc3)c3ccccc3-c3ccccc3)cc2)cc1. The van der Waals surface area contributed by atoms with E-state index in [0.29, 0.717) is 0 Å². The summed E-state index contributed by atoms with van der Waals surface area (Å²) in [7, 11) is 0. The summed E-state index contributed by atoms with van der Waals surface area (Å²) in [5.74, 6) is 0. The fourth-order valence-corrected chi connectivity index (χ4v) is 7.59. The van der Waals surface area contributed by atoms with Crippen LogP contribution in [0.3, 0.4) is 0 Å². The van der Waals surface area contributed by atoms with Gasteiger partial charge in [0.1, 0.15) is 0 Å². The molecule has 9 aromatic rings. The van der Waals surface area contributed by atoms with E-state index in [2.05, 4.69) is 252 Å². The zero-order valence-corrected chi connectivity index (χ0v) is 31.0. The summed E-state index contributed by atoms with van der Waals surface area (Å²) in [5.41, 5.74) is 15.8. The fourth-order valence-electron chi connectivity index (χ4n) is 7.59. The number of hydrogen-bond acceptors (Lipinski definition) is 2. The Labute approximate surface area is 329 Å². The van der Waals surface area contributed by atoms with Crippen LogP contribution in [0.5, 0.6) is 0 Å². The van der Waals surface area contributed by atoms with Gasteiger partial charge in [-0.05, 0) is 81.9 Å². The highest BCUT2D eigenvalue weighted by atomic mass is 15.2. The van der Waals surface area contributed by atoms with Crippen molar-refractivity contribution in [3.05, 3.63) is 243 Å². The van der Waals surface area contributed by atoms with E-state index in [0.717, 1.165) is 56.4 Å². The van der Waals surface area contributed by atoms with Crippen LogP contribution >= 0.6 is 0 Å². The van der Waals surface area contributed by atoms with Crippen LogP contribution in [0, 0.1) is 0 Å². The predicted molar refractivity (Wildman–Crippen MR) is 238 cm³/mol. The molecule has 0 amide bonds. The van der Waals surface area contributed by atoms with Crippen LogP contribution in [0.25, 0.3) is 44.5 Å². The van der Waals surface area contributed by atoms with Crippen LogP contribution in [-0.4, -0.2) is 0 Å². The molecule has 2 heteroatoms. The van der Waals surface area contributed by atoms with Gasteiger partial charge in [-0.3, -0.25) is 0 Å². The Morgan fingerprint density at radius 2 is 0.429 bits per heavy atom.